The molecule has 5 nitrogen and oxygen atoms in total. The summed E-state index contributed by atoms with van der Waals surface area (Å²) in [6.45, 7) is 4.42. The molecule has 0 amide bonds. The minimum Gasteiger partial charge on any atom is -0.495 e. The summed E-state index contributed by atoms with van der Waals surface area (Å²) in [5.74, 6) is 0.325. The number of benzene rings is 1. The van der Waals surface area contributed by atoms with E-state index in [0.29, 0.717) is 12.3 Å². The van der Waals surface area contributed by atoms with E-state index >= 15 is 0 Å². The van der Waals surface area contributed by atoms with Crippen molar-refractivity contribution in [2.24, 2.45) is 11.1 Å². The highest BCUT2D eigenvalue weighted by atomic mass is 35.5. The first-order valence-corrected chi connectivity index (χ1v) is 8.44. The van der Waals surface area contributed by atoms with Gasteiger partial charge in [-0.3, -0.25) is 0 Å². The smallest absolute Gasteiger partial charge is 0.244 e. The van der Waals surface area contributed by atoms with E-state index in [9.17, 15) is 8.42 Å². The lowest BCUT2D eigenvalue weighted by Crippen LogP contribution is -2.39. The molecule has 0 aliphatic rings. The molecule has 0 aliphatic heterocycles. The van der Waals surface area contributed by atoms with Crippen LogP contribution in [-0.2, 0) is 10.0 Å². The van der Waals surface area contributed by atoms with Crippen LogP contribution < -0.4 is 10.5 Å². The van der Waals surface area contributed by atoms with Gasteiger partial charge in [-0.2, -0.15) is 0 Å². The first-order chi connectivity index (χ1) is 9.55. The van der Waals surface area contributed by atoms with Crippen LogP contribution in [0.2, 0.25) is 10.0 Å². The van der Waals surface area contributed by atoms with E-state index in [2.05, 4.69) is 0 Å². The SMILES string of the molecule is COc1cc(Cl)c(S(=O)(=O)N(C)CC(C)(C)CN)cc1Cl. The van der Waals surface area contributed by atoms with Gasteiger partial charge in [0.15, 0.2) is 0 Å². The van der Waals surface area contributed by atoms with Crippen molar-refractivity contribution >= 4 is 33.2 Å². The van der Waals surface area contributed by atoms with Crippen molar-refractivity contribution in [1.82, 2.24) is 4.31 Å². The van der Waals surface area contributed by atoms with Crippen LogP contribution >= 0.6 is 23.2 Å². The van der Waals surface area contributed by atoms with E-state index in [0.717, 1.165) is 0 Å². The maximum absolute atomic E-state index is 12.6. The number of nitrogens with two attached hydrogens (primary N) is 1. The summed E-state index contributed by atoms with van der Waals surface area (Å²) in [7, 11) is -0.835. The van der Waals surface area contributed by atoms with Gasteiger partial charge in [0.1, 0.15) is 10.6 Å². The van der Waals surface area contributed by atoms with Crippen LogP contribution in [0.25, 0.3) is 0 Å². The second-order valence-electron chi connectivity index (χ2n) is 5.55. The van der Waals surface area contributed by atoms with Gasteiger partial charge in [-0.25, -0.2) is 12.7 Å². The Kier molecular flexibility index (Phi) is 5.91. The summed E-state index contributed by atoms with van der Waals surface area (Å²) in [4.78, 5) is -0.0507. The molecule has 21 heavy (non-hydrogen) atoms. The van der Waals surface area contributed by atoms with Gasteiger partial charge >= 0.3 is 0 Å². The third kappa shape index (κ3) is 4.23. The molecule has 1 aromatic carbocycles. The molecule has 0 radical (unpaired) electrons. The van der Waals surface area contributed by atoms with Crippen LogP contribution in [0.15, 0.2) is 17.0 Å². The van der Waals surface area contributed by atoms with Gasteiger partial charge in [-0.15, -0.1) is 0 Å². The summed E-state index contributed by atoms with van der Waals surface area (Å²) in [5, 5.41) is 0.251. The van der Waals surface area contributed by atoms with Gasteiger partial charge in [0, 0.05) is 19.7 Å². The molecule has 0 aliphatic carbocycles. The Morgan fingerprint density at radius 2 is 1.86 bits per heavy atom. The lowest BCUT2D eigenvalue weighted by Gasteiger charge is -2.28. The zero-order valence-electron chi connectivity index (χ0n) is 12.5. The predicted molar refractivity (Wildman–Crippen MR) is 85.7 cm³/mol. The molecule has 1 rings (SSSR count). The molecular formula is C13H20Cl2N2O3S. The lowest BCUT2D eigenvalue weighted by molar-refractivity contribution is 0.292. The minimum absolute atomic E-state index is 0.0507. The van der Waals surface area contributed by atoms with E-state index in [4.69, 9.17) is 33.7 Å². The molecule has 120 valence electrons. The standard InChI is InChI=1S/C13H20Cl2N2O3S/c1-13(2,7-16)8-17(3)21(18,19)12-6-9(14)11(20-4)5-10(12)15/h5-6H,7-8,16H2,1-4H3. The van der Waals surface area contributed by atoms with E-state index in [1.54, 1.807) is 0 Å². The maximum Gasteiger partial charge on any atom is 0.244 e. The molecule has 0 aromatic heterocycles. The van der Waals surface area contributed by atoms with Crippen LogP contribution in [0.1, 0.15) is 13.8 Å². The average Bonchev–Trinajstić information content (AvgIpc) is 2.40. The molecule has 0 bridgehead atoms. The van der Waals surface area contributed by atoms with Crippen LogP contribution in [0.4, 0.5) is 0 Å². The Morgan fingerprint density at radius 1 is 1.29 bits per heavy atom. The van der Waals surface area contributed by atoms with Gasteiger partial charge in [0.2, 0.25) is 10.0 Å². The van der Waals surface area contributed by atoms with Crippen LogP contribution in [0.3, 0.4) is 0 Å². The fourth-order valence-corrected chi connectivity index (χ4v) is 3.96. The van der Waals surface area contributed by atoms with Crippen LogP contribution in [-0.4, -0.2) is 40.0 Å². The number of hydrogen-bond acceptors (Lipinski definition) is 4. The van der Waals surface area contributed by atoms with E-state index in [1.807, 2.05) is 13.8 Å². The summed E-state index contributed by atoms with van der Waals surface area (Å²) < 4.78 is 31.4. The number of halogens is 2. The van der Waals surface area contributed by atoms with Gasteiger partial charge in [0.05, 0.1) is 17.2 Å². The first kappa shape index (κ1) is 18.5. The van der Waals surface area contributed by atoms with Gasteiger partial charge in [-0.05, 0) is 18.0 Å². The van der Waals surface area contributed by atoms with Crippen molar-refractivity contribution < 1.29 is 13.2 Å². The number of sulfonamides is 1. The number of rotatable bonds is 6. The monoisotopic (exact) mass is 354 g/mol. The highest BCUT2D eigenvalue weighted by Crippen LogP contribution is 2.35. The summed E-state index contributed by atoms with van der Waals surface area (Å²) in [6, 6.07) is 2.68. The molecule has 2 N–H and O–H groups in total. The van der Waals surface area contributed by atoms with E-state index < -0.39 is 10.0 Å². The summed E-state index contributed by atoms with van der Waals surface area (Å²) in [6.07, 6.45) is 0. The van der Waals surface area contributed by atoms with Gasteiger partial charge in [-0.1, -0.05) is 37.0 Å². The average molecular weight is 355 g/mol. The zero-order valence-corrected chi connectivity index (χ0v) is 14.8. The zero-order chi connectivity index (χ0) is 16.4. The highest BCUT2D eigenvalue weighted by molar-refractivity contribution is 7.89. The van der Waals surface area contributed by atoms with E-state index in [-0.39, 0.29) is 26.9 Å². The van der Waals surface area contributed by atoms with Crippen molar-refractivity contribution in [2.45, 2.75) is 18.7 Å². The molecule has 0 unspecified atom stereocenters. The molecule has 8 heteroatoms. The molecule has 1 aromatic rings. The van der Waals surface area contributed by atoms with Crippen molar-refractivity contribution in [3.63, 3.8) is 0 Å². The van der Waals surface area contributed by atoms with Crippen molar-refractivity contribution in [3.8, 4) is 5.75 Å². The normalized spacial score (nSPS) is 12.8. The predicted octanol–water partition coefficient (Wildman–Crippen LogP) is 2.61. The molecular weight excluding hydrogens is 335 g/mol. The number of ether oxygens (including phenoxy) is 1. The quantitative estimate of drug-likeness (QED) is 0.851. The second-order valence-corrected chi connectivity index (χ2v) is 8.37. The molecule has 0 saturated carbocycles. The molecule has 0 atom stereocenters. The van der Waals surface area contributed by atoms with Crippen molar-refractivity contribution in [2.75, 3.05) is 27.2 Å². The second kappa shape index (κ2) is 6.71. The molecule has 0 spiro atoms. The number of hydrogen-bond donors (Lipinski definition) is 1. The Bertz CT molecular complexity index is 618. The van der Waals surface area contributed by atoms with Gasteiger partial charge < -0.3 is 10.5 Å². The largest absolute Gasteiger partial charge is 0.495 e. The third-order valence-electron chi connectivity index (χ3n) is 3.10. The van der Waals surface area contributed by atoms with Crippen LogP contribution in [0.5, 0.6) is 5.75 Å². The topological polar surface area (TPSA) is 72.6 Å². The highest BCUT2D eigenvalue weighted by Gasteiger charge is 2.29. The summed E-state index contributed by atoms with van der Waals surface area (Å²) in [5.41, 5.74) is 5.30. The van der Waals surface area contributed by atoms with E-state index in [1.165, 1.54) is 30.6 Å². The first-order valence-electron chi connectivity index (χ1n) is 6.24. The molecule has 0 heterocycles. The Hall–Kier alpha value is -0.530. The number of methoxy groups -OCH3 is 1. The third-order valence-corrected chi connectivity index (χ3v) is 5.66. The fraction of sp³-hybridized carbons (Fsp3) is 0.538. The van der Waals surface area contributed by atoms with Gasteiger partial charge in [0.25, 0.3) is 0 Å². The van der Waals surface area contributed by atoms with Crippen molar-refractivity contribution in [1.29, 1.82) is 0 Å². The minimum atomic E-state index is -3.75. The molecule has 0 fully saturated rings. The Morgan fingerprint density at radius 3 is 2.33 bits per heavy atom. The van der Waals surface area contributed by atoms with Crippen molar-refractivity contribution in [3.05, 3.63) is 22.2 Å². The lowest BCUT2D eigenvalue weighted by atomic mass is 9.94. The van der Waals surface area contributed by atoms with Crippen LogP contribution in [0, 0.1) is 5.41 Å². The molecule has 0 saturated heterocycles. The maximum atomic E-state index is 12.6. The number of nitrogens with zero attached hydrogens (tertiary/aromatic N) is 1. The Balaban J connectivity index is 3.22. The summed E-state index contributed by atoms with van der Waals surface area (Å²) >= 11 is 12.0. The fourth-order valence-electron chi connectivity index (χ4n) is 1.78. The Labute approximate surface area is 136 Å².